The van der Waals surface area contributed by atoms with E-state index in [1.807, 2.05) is 0 Å². The second-order valence-electron chi connectivity index (χ2n) is 2.94. The van der Waals surface area contributed by atoms with Crippen LogP contribution in [0.4, 0.5) is 0 Å². The number of hydrogen-bond acceptors (Lipinski definition) is 7. The number of hydrogen-bond donors (Lipinski definition) is 5. The van der Waals surface area contributed by atoms with Gasteiger partial charge in [-0.15, -0.1) is 0 Å². The lowest BCUT2D eigenvalue weighted by atomic mass is 10.0. The summed E-state index contributed by atoms with van der Waals surface area (Å²) in [5.74, 6) is -4.72. The van der Waals surface area contributed by atoms with Gasteiger partial charge in [-0.25, -0.2) is 0 Å². The van der Waals surface area contributed by atoms with Crippen LogP contribution < -0.4 is 0 Å². The number of aliphatic hydroxyl groups is 3. The molecule has 1 aliphatic heterocycles. The molecular formula is C5H11BO7. The zero-order valence-corrected chi connectivity index (χ0v) is 6.91. The molecule has 0 bridgehead atoms. The minimum absolute atomic E-state index is 0.365. The predicted octanol–water partition coefficient (Wildman–Crippen LogP) is -3.24. The Balaban J connectivity index is 2.79. The van der Waals surface area contributed by atoms with Crippen LogP contribution in [-0.2, 0) is 9.39 Å². The molecule has 1 heterocycles. The van der Waals surface area contributed by atoms with Crippen molar-refractivity contribution in [1.82, 2.24) is 0 Å². The van der Waals surface area contributed by atoms with E-state index in [1.165, 1.54) is 0 Å². The van der Waals surface area contributed by atoms with E-state index in [2.05, 4.69) is 9.39 Å². The van der Waals surface area contributed by atoms with Gasteiger partial charge in [0.25, 0.3) is 0 Å². The number of aliphatic hydroxyl groups excluding tert-OH is 1. The first kappa shape index (κ1) is 10.9. The maximum Gasteiger partial charge on any atom is 0.636 e. The Morgan fingerprint density at radius 1 is 1.46 bits per heavy atom. The van der Waals surface area contributed by atoms with Crippen molar-refractivity contribution < 1.29 is 34.8 Å². The molecular weight excluding hydrogens is 183 g/mol. The zero-order valence-electron chi connectivity index (χ0n) is 6.91. The van der Waals surface area contributed by atoms with Crippen LogP contribution in [0.5, 0.6) is 0 Å². The van der Waals surface area contributed by atoms with E-state index >= 15 is 0 Å². The Bertz CT molecular complexity index is 195. The number of rotatable bonds is 2. The summed E-state index contributed by atoms with van der Waals surface area (Å²) in [6, 6.07) is 0. The second kappa shape index (κ2) is 3.17. The molecule has 1 fully saturated rings. The van der Waals surface area contributed by atoms with E-state index < -0.39 is 25.0 Å². The lowest BCUT2D eigenvalue weighted by Crippen LogP contribution is -2.58. The number of ether oxygens (including phenoxy) is 1. The molecule has 2 unspecified atom stereocenters. The molecule has 1 rings (SSSR count). The minimum Gasteiger partial charge on any atom is -0.402 e. The third kappa shape index (κ3) is 1.70. The Hall–Kier alpha value is -0.215. The third-order valence-corrected chi connectivity index (χ3v) is 1.98. The molecule has 0 amide bonds. The van der Waals surface area contributed by atoms with Crippen molar-refractivity contribution in [3.05, 3.63) is 0 Å². The first-order valence-electron chi connectivity index (χ1n) is 3.60. The molecule has 8 heteroatoms. The zero-order chi connectivity index (χ0) is 10.3. The SMILES string of the molecule is CC1(OB(O)O)OCC(O)C1(O)O. The van der Waals surface area contributed by atoms with Gasteiger partial charge in [0.1, 0.15) is 6.10 Å². The van der Waals surface area contributed by atoms with Crippen LogP contribution in [0.15, 0.2) is 0 Å². The lowest BCUT2D eigenvalue weighted by Gasteiger charge is -2.34. The van der Waals surface area contributed by atoms with Crippen molar-refractivity contribution >= 4 is 7.32 Å². The van der Waals surface area contributed by atoms with Gasteiger partial charge >= 0.3 is 7.32 Å². The van der Waals surface area contributed by atoms with Gasteiger partial charge in [0.15, 0.2) is 0 Å². The van der Waals surface area contributed by atoms with Crippen LogP contribution in [0.25, 0.3) is 0 Å². The fourth-order valence-electron chi connectivity index (χ4n) is 1.08. The van der Waals surface area contributed by atoms with Crippen LogP contribution >= 0.6 is 0 Å². The van der Waals surface area contributed by atoms with Gasteiger partial charge in [-0.1, -0.05) is 0 Å². The molecule has 0 aromatic rings. The van der Waals surface area contributed by atoms with E-state index in [-0.39, 0.29) is 6.61 Å². The summed E-state index contributed by atoms with van der Waals surface area (Å²) in [5.41, 5.74) is 0. The first-order valence-corrected chi connectivity index (χ1v) is 3.60. The Labute approximate surface area is 74.3 Å². The predicted molar refractivity (Wildman–Crippen MR) is 38.8 cm³/mol. The van der Waals surface area contributed by atoms with E-state index in [0.29, 0.717) is 0 Å². The van der Waals surface area contributed by atoms with Gasteiger partial charge < -0.3 is 34.8 Å². The standard InChI is InChI=1S/C5H11BO7/c1-4(13-6(10)11)5(8,9)3(7)2-12-4/h3,7-11H,2H2,1H3. The highest BCUT2D eigenvalue weighted by Crippen LogP contribution is 2.35. The van der Waals surface area contributed by atoms with Crippen molar-refractivity contribution in [1.29, 1.82) is 0 Å². The summed E-state index contributed by atoms with van der Waals surface area (Å²) in [5, 5.41) is 44.5. The Morgan fingerprint density at radius 2 is 2.00 bits per heavy atom. The molecule has 0 aromatic heterocycles. The highest BCUT2D eigenvalue weighted by Gasteiger charge is 2.60. The Morgan fingerprint density at radius 3 is 2.31 bits per heavy atom. The van der Waals surface area contributed by atoms with Gasteiger partial charge in [-0.2, -0.15) is 0 Å². The summed E-state index contributed by atoms with van der Waals surface area (Å²) in [4.78, 5) is 0. The highest BCUT2D eigenvalue weighted by atomic mass is 16.8. The van der Waals surface area contributed by atoms with Crippen molar-refractivity contribution in [3.63, 3.8) is 0 Å². The quantitative estimate of drug-likeness (QED) is 0.231. The van der Waals surface area contributed by atoms with Crippen LogP contribution in [0.1, 0.15) is 6.92 Å². The second-order valence-corrected chi connectivity index (χ2v) is 2.94. The van der Waals surface area contributed by atoms with E-state index in [1.54, 1.807) is 0 Å². The van der Waals surface area contributed by atoms with Crippen molar-refractivity contribution in [3.8, 4) is 0 Å². The maximum atomic E-state index is 9.26. The molecule has 13 heavy (non-hydrogen) atoms. The monoisotopic (exact) mass is 194 g/mol. The molecule has 5 N–H and O–H groups in total. The molecule has 2 atom stereocenters. The molecule has 7 nitrogen and oxygen atoms in total. The van der Waals surface area contributed by atoms with Gasteiger partial charge in [0.05, 0.1) is 6.61 Å². The van der Waals surface area contributed by atoms with Crippen LogP contribution in [-0.4, -0.2) is 57.0 Å². The van der Waals surface area contributed by atoms with E-state index in [0.717, 1.165) is 6.92 Å². The molecule has 0 aromatic carbocycles. The van der Waals surface area contributed by atoms with E-state index in [9.17, 15) is 10.2 Å². The van der Waals surface area contributed by atoms with Crippen LogP contribution in [0, 0.1) is 0 Å². The van der Waals surface area contributed by atoms with Gasteiger partial charge in [-0.3, -0.25) is 0 Å². The molecule has 0 saturated carbocycles. The summed E-state index contributed by atoms with van der Waals surface area (Å²) in [6.07, 6.45) is -1.56. The van der Waals surface area contributed by atoms with Crippen molar-refractivity contribution in [2.75, 3.05) is 6.61 Å². The van der Waals surface area contributed by atoms with Crippen molar-refractivity contribution in [2.24, 2.45) is 0 Å². The van der Waals surface area contributed by atoms with Gasteiger partial charge in [0, 0.05) is 0 Å². The molecule has 76 valence electrons. The summed E-state index contributed by atoms with van der Waals surface area (Å²) in [6.45, 7) is 0.707. The largest absolute Gasteiger partial charge is 0.636 e. The summed E-state index contributed by atoms with van der Waals surface area (Å²) < 4.78 is 9.00. The maximum absolute atomic E-state index is 9.26. The normalized spacial score (nSPS) is 37.8. The molecule has 0 radical (unpaired) electrons. The fraction of sp³-hybridized carbons (Fsp3) is 1.00. The lowest BCUT2D eigenvalue weighted by molar-refractivity contribution is -0.331. The summed E-state index contributed by atoms with van der Waals surface area (Å²) >= 11 is 0. The molecule has 0 spiro atoms. The molecule has 1 aliphatic rings. The molecule has 0 aliphatic carbocycles. The molecule has 1 saturated heterocycles. The topological polar surface area (TPSA) is 120 Å². The van der Waals surface area contributed by atoms with Gasteiger partial charge in [-0.05, 0) is 6.92 Å². The average Bonchev–Trinajstić information content (AvgIpc) is 2.13. The van der Waals surface area contributed by atoms with Gasteiger partial charge in [0.2, 0.25) is 11.6 Å². The highest BCUT2D eigenvalue weighted by molar-refractivity contribution is 6.32. The first-order chi connectivity index (χ1) is 5.79. The summed E-state index contributed by atoms with van der Waals surface area (Å²) in [7, 11) is -2.21. The van der Waals surface area contributed by atoms with E-state index in [4.69, 9.17) is 15.2 Å². The Kier molecular flexibility index (Phi) is 2.65. The van der Waals surface area contributed by atoms with Crippen LogP contribution in [0.3, 0.4) is 0 Å². The average molecular weight is 194 g/mol. The minimum atomic E-state index is -2.67. The fourth-order valence-corrected chi connectivity index (χ4v) is 1.08. The van der Waals surface area contributed by atoms with Crippen LogP contribution in [0.2, 0.25) is 0 Å². The van der Waals surface area contributed by atoms with Crippen molar-refractivity contribution in [2.45, 2.75) is 24.6 Å². The third-order valence-electron chi connectivity index (χ3n) is 1.98. The smallest absolute Gasteiger partial charge is 0.402 e.